The summed E-state index contributed by atoms with van der Waals surface area (Å²) >= 11 is 0. The molecule has 7 heteroatoms. The molecule has 1 aliphatic rings. The molecular weight excluding hydrogens is 380 g/mol. The monoisotopic (exact) mass is 412 g/mol. The molecule has 2 atom stereocenters. The van der Waals surface area contributed by atoms with Gasteiger partial charge >= 0.3 is 0 Å². The van der Waals surface area contributed by atoms with Crippen LogP contribution >= 0.6 is 0 Å². The van der Waals surface area contributed by atoms with Crippen molar-refractivity contribution in [1.82, 2.24) is 20.9 Å². The Labute approximate surface area is 179 Å². The van der Waals surface area contributed by atoms with Crippen LogP contribution in [0, 0.1) is 11.8 Å². The number of rotatable bonds is 4. The van der Waals surface area contributed by atoms with Gasteiger partial charge in [0.15, 0.2) is 0 Å². The van der Waals surface area contributed by atoms with Crippen molar-refractivity contribution in [3.05, 3.63) is 35.9 Å². The number of carbonyl (C=O) groups is 3. The van der Waals surface area contributed by atoms with Gasteiger partial charge in [0, 0.05) is 39.4 Å². The summed E-state index contributed by atoms with van der Waals surface area (Å²) in [5.74, 6) is 5.38. The summed E-state index contributed by atoms with van der Waals surface area (Å²) in [5, 5.41) is 8.89. The Morgan fingerprint density at radius 2 is 1.73 bits per heavy atom. The Morgan fingerprint density at radius 1 is 1.03 bits per heavy atom. The van der Waals surface area contributed by atoms with Crippen LogP contribution in [0.2, 0.25) is 0 Å². The van der Waals surface area contributed by atoms with Gasteiger partial charge in [-0.3, -0.25) is 14.4 Å². The topological polar surface area (TPSA) is 90.5 Å². The third-order valence-corrected chi connectivity index (χ3v) is 4.88. The first-order chi connectivity index (χ1) is 14.5. The minimum absolute atomic E-state index is 0.0981. The lowest BCUT2D eigenvalue weighted by Gasteiger charge is -2.25. The molecule has 0 spiro atoms. The van der Waals surface area contributed by atoms with Crippen LogP contribution in [-0.2, 0) is 20.8 Å². The average Bonchev–Trinajstić information content (AvgIpc) is 2.73. The highest BCUT2D eigenvalue weighted by molar-refractivity contribution is 5.91. The molecular formula is C23H32N4O3. The fraction of sp³-hybridized carbons (Fsp3) is 0.522. The zero-order valence-electron chi connectivity index (χ0n) is 17.9. The van der Waals surface area contributed by atoms with Crippen LogP contribution in [0.1, 0.15) is 38.2 Å². The third-order valence-electron chi connectivity index (χ3n) is 4.88. The van der Waals surface area contributed by atoms with E-state index in [0.29, 0.717) is 38.8 Å². The van der Waals surface area contributed by atoms with E-state index in [4.69, 9.17) is 0 Å². The highest BCUT2D eigenvalue weighted by atomic mass is 16.2. The van der Waals surface area contributed by atoms with E-state index < -0.39 is 6.04 Å². The van der Waals surface area contributed by atoms with Crippen LogP contribution in [-0.4, -0.2) is 61.4 Å². The predicted octanol–water partition coefficient (Wildman–Crippen LogP) is 0.844. The Bertz CT molecular complexity index is 770. The number of benzene rings is 1. The summed E-state index contributed by atoms with van der Waals surface area (Å²) in [6.45, 7) is 2.96. The summed E-state index contributed by atoms with van der Waals surface area (Å²) in [7, 11) is 1.61. The van der Waals surface area contributed by atoms with E-state index >= 15 is 0 Å². The lowest BCUT2D eigenvalue weighted by Crippen LogP contribution is -2.52. The fourth-order valence-corrected chi connectivity index (χ4v) is 3.32. The molecule has 3 amide bonds. The molecule has 1 aromatic rings. The minimum Gasteiger partial charge on any atom is -0.353 e. The molecule has 1 aliphatic heterocycles. The number of likely N-dealkylation sites (N-methyl/N-ethyl adjacent to an activating group) is 1. The second kappa shape index (κ2) is 12.7. The number of nitrogens with one attached hydrogen (secondary N) is 3. The van der Waals surface area contributed by atoms with Gasteiger partial charge < -0.3 is 20.9 Å². The predicted molar refractivity (Wildman–Crippen MR) is 116 cm³/mol. The maximum atomic E-state index is 12.8. The van der Waals surface area contributed by atoms with Gasteiger partial charge in [-0.25, -0.2) is 0 Å². The number of hydrogen-bond donors (Lipinski definition) is 3. The molecule has 0 aliphatic carbocycles. The van der Waals surface area contributed by atoms with E-state index in [0.717, 1.165) is 12.0 Å². The maximum Gasteiger partial charge on any atom is 0.242 e. The smallest absolute Gasteiger partial charge is 0.242 e. The van der Waals surface area contributed by atoms with Crippen molar-refractivity contribution in [2.45, 2.75) is 51.1 Å². The van der Waals surface area contributed by atoms with Gasteiger partial charge in [0.05, 0.1) is 12.6 Å². The van der Waals surface area contributed by atoms with Crippen molar-refractivity contribution in [1.29, 1.82) is 0 Å². The van der Waals surface area contributed by atoms with E-state index in [-0.39, 0.29) is 30.3 Å². The summed E-state index contributed by atoms with van der Waals surface area (Å²) in [5.41, 5.74) is 0.948. The largest absolute Gasteiger partial charge is 0.353 e. The van der Waals surface area contributed by atoms with Gasteiger partial charge in [-0.05, 0) is 12.0 Å². The zero-order chi connectivity index (χ0) is 21.8. The van der Waals surface area contributed by atoms with Gasteiger partial charge in [-0.15, -0.1) is 11.8 Å². The Hall–Kier alpha value is -2.85. The van der Waals surface area contributed by atoms with Crippen molar-refractivity contribution >= 4 is 17.7 Å². The van der Waals surface area contributed by atoms with Crippen molar-refractivity contribution in [3.8, 4) is 11.8 Å². The Morgan fingerprint density at radius 3 is 2.43 bits per heavy atom. The van der Waals surface area contributed by atoms with Gasteiger partial charge in [-0.1, -0.05) is 43.7 Å². The molecule has 0 unspecified atom stereocenters. The van der Waals surface area contributed by atoms with E-state index in [2.05, 4.69) is 27.8 Å². The number of amides is 3. The summed E-state index contributed by atoms with van der Waals surface area (Å²) in [6.07, 6.45) is 3.09. The van der Waals surface area contributed by atoms with Crippen molar-refractivity contribution in [2.24, 2.45) is 0 Å². The minimum atomic E-state index is -0.714. The van der Waals surface area contributed by atoms with Crippen LogP contribution in [0.3, 0.4) is 0 Å². The molecule has 0 saturated carbocycles. The van der Waals surface area contributed by atoms with Crippen LogP contribution in [0.4, 0.5) is 0 Å². The SMILES string of the molecule is CCC[C@@H]1NCCC#CCCNC(=O)[C@@H](Cc2ccccc2)NC(=O)CN(C)C1=O. The summed E-state index contributed by atoms with van der Waals surface area (Å²) in [6, 6.07) is 8.48. The second-order valence-electron chi connectivity index (χ2n) is 7.44. The Kier molecular flexibility index (Phi) is 9.88. The van der Waals surface area contributed by atoms with E-state index in [1.807, 2.05) is 37.3 Å². The summed E-state index contributed by atoms with van der Waals surface area (Å²) < 4.78 is 0. The van der Waals surface area contributed by atoms with Crippen LogP contribution in [0.25, 0.3) is 0 Å². The standard InChI is InChI=1S/C23H32N4O3/c1-3-11-19-23(30)27(2)17-21(28)26-20(16-18-12-7-6-8-13-18)22(29)25-15-10-5-4-9-14-24-19/h6-8,12-13,19-20,24H,3,9-11,14-17H2,1-2H3,(H,25,29)(H,26,28)/t19-,20+/m0/s1. The number of hydrogen-bond acceptors (Lipinski definition) is 4. The Balaban J connectivity index is 2.14. The van der Waals surface area contributed by atoms with Gasteiger partial charge in [0.25, 0.3) is 0 Å². The molecule has 0 radical (unpaired) electrons. The molecule has 1 heterocycles. The zero-order valence-corrected chi connectivity index (χ0v) is 17.9. The molecule has 0 saturated heterocycles. The molecule has 30 heavy (non-hydrogen) atoms. The van der Waals surface area contributed by atoms with Gasteiger partial charge in [0.1, 0.15) is 6.04 Å². The van der Waals surface area contributed by atoms with E-state index in [9.17, 15) is 14.4 Å². The lowest BCUT2D eigenvalue weighted by molar-refractivity contribution is -0.137. The second-order valence-corrected chi connectivity index (χ2v) is 7.44. The van der Waals surface area contributed by atoms with Crippen molar-refractivity contribution in [2.75, 3.05) is 26.7 Å². The fourth-order valence-electron chi connectivity index (χ4n) is 3.32. The van der Waals surface area contributed by atoms with Crippen LogP contribution in [0.15, 0.2) is 30.3 Å². The molecule has 3 N–H and O–H groups in total. The first-order valence-corrected chi connectivity index (χ1v) is 10.6. The number of carbonyl (C=O) groups excluding carboxylic acids is 3. The molecule has 1 aromatic carbocycles. The highest BCUT2D eigenvalue weighted by Gasteiger charge is 2.25. The van der Waals surface area contributed by atoms with Crippen LogP contribution in [0.5, 0.6) is 0 Å². The first kappa shape index (κ1) is 23.4. The number of nitrogens with zero attached hydrogens (tertiary/aromatic N) is 1. The first-order valence-electron chi connectivity index (χ1n) is 10.6. The molecule has 0 aromatic heterocycles. The maximum absolute atomic E-state index is 12.8. The van der Waals surface area contributed by atoms with E-state index in [1.165, 1.54) is 4.90 Å². The third kappa shape index (κ3) is 7.88. The van der Waals surface area contributed by atoms with Crippen molar-refractivity contribution < 1.29 is 14.4 Å². The quantitative estimate of drug-likeness (QED) is 0.640. The highest BCUT2D eigenvalue weighted by Crippen LogP contribution is 2.05. The molecule has 0 fully saturated rings. The van der Waals surface area contributed by atoms with Gasteiger partial charge in [0.2, 0.25) is 17.7 Å². The van der Waals surface area contributed by atoms with Crippen molar-refractivity contribution in [3.63, 3.8) is 0 Å². The summed E-state index contributed by atoms with van der Waals surface area (Å²) in [4.78, 5) is 39.5. The van der Waals surface area contributed by atoms with Gasteiger partial charge in [-0.2, -0.15) is 0 Å². The van der Waals surface area contributed by atoms with Crippen LogP contribution < -0.4 is 16.0 Å². The average molecular weight is 413 g/mol. The van der Waals surface area contributed by atoms with E-state index in [1.54, 1.807) is 7.05 Å². The normalized spacial score (nSPS) is 21.9. The molecule has 0 bridgehead atoms. The molecule has 162 valence electrons. The molecule has 7 nitrogen and oxygen atoms in total. The molecule has 2 rings (SSSR count). The lowest BCUT2D eigenvalue weighted by atomic mass is 10.0.